The summed E-state index contributed by atoms with van der Waals surface area (Å²) in [5, 5.41) is 68.0. The number of carboxylic acids is 1. The molecule has 0 saturated carbocycles. The van der Waals surface area contributed by atoms with Crippen LogP contribution in [0.4, 0.5) is 0 Å². The van der Waals surface area contributed by atoms with Crippen molar-refractivity contribution in [3.8, 4) is 17.2 Å². The first kappa shape index (κ1) is 18.2. The largest absolute Gasteiger partial charge is 0.504 e. The van der Waals surface area contributed by atoms with Crippen LogP contribution in [0.25, 0.3) is 0 Å². The number of benzene rings is 1. The first-order valence-corrected chi connectivity index (χ1v) is 6.91. The normalized spacial score (nSPS) is 30.1. The minimum atomic E-state index is -1.79. The van der Waals surface area contributed by atoms with Gasteiger partial charge in [-0.2, -0.15) is 0 Å². The molecule has 1 aliphatic heterocycles. The van der Waals surface area contributed by atoms with Crippen LogP contribution in [0.2, 0.25) is 0 Å². The van der Waals surface area contributed by atoms with Gasteiger partial charge in [-0.3, -0.25) is 0 Å². The standard InChI is InChI=1S/C14H18O10/c1-23-12-4(14(21)22)2-5(16)8(17)7(12)13-11(20)10(19)9(18)6(3-15)24-13/h2,6,9-11,13,15-20H,3H2,1H3,(H,21,22). The van der Waals surface area contributed by atoms with Crippen molar-refractivity contribution in [2.45, 2.75) is 30.5 Å². The minimum absolute atomic E-state index is 0.401. The van der Waals surface area contributed by atoms with Gasteiger partial charge in [0.15, 0.2) is 11.5 Å². The molecule has 0 aliphatic carbocycles. The van der Waals surface area contributed by atoms with E-state index in [1.165, 1.54) is 0 Å². The number of aromatic hydroxyl groups is 2. The third-order valence-corrected chi connectivity index (χ3v) is 3.88. The van der Waals surface area contributed by atoms with Crippen LogP contribution in [0.3, 0.4) is 0 Å². The van der Waals surface area contributed by atoms with Gasteiger partial charge < -0.3 is 45.2 Å². The van der Waals surface area contributed by atoms with Crippen molar-refractivity contribution in [1.82, 2.24) is 0 Å². The van der Waals surface area contributed by atoms with Gasteiger partial charge in [-0.05, 0) is 0 Å². The number of rotatable bonds is 4. The zero-order valence-corrected chi connectivity index (χ0v) is 12.5. The lowest BCUT2D eigenvalue weighted by molar-refractivity contribution is -0.232. The Morgan fingerprint density at radius 1 is 1.21 bits per heavy atom. The van der Waals surface area contributed by atoms with Crippen molar-refractivity contribution < 1.29 is 50.0 Å². The highest BCUT2D eigenvalue weighted by Gasteiger charge is 2.46. The quantitative estimate of drug-likeness (QED) is 0.311. The van der Waals surface area contributed by atoms with Crippen LogP contribution in [0.1, 0.15) is 22.0 Å². The van der Waals surface area contributed by atoms with E-state index in [9.17, 15) is 40.5 Å². The molecule has 1 heterocycles. The first-order chi connectivity index (χ1) is 11.2. The summed E-state index contributed by atoms with van der Waals surface area (Å²) in [6.07, 6.45) is -8.02. The average molecular weight is 346 g/mol. The van der Waals surface area contributed by atoms with Gasteiger partial charge in [0.1, 0.15) is 41.8 Å². The summed E-state index contributed by atoms with van der Waals surface area (Å²) < 4.78 is 10.2. The van der Waals surface area contributed by atoms with Gasteiger partial charge >= 0.3 is 5.97 Å². The number of hydrogen-bond acceptors (Lipinski definition) is 9. The van der Waals surface area contributed by atoms with Gasteiger partial charge in [0.2, 0.25) is 0 Å². The van der Waals surface area contributed by atoms with E-state index in [4.69, 9.17) is 9.47 Å². The molecule has 1 fully saturated rings. The van der Waals surface area contributed by atoms with Crippen molar-refractivity contribution in [3.63, 3.8) is 0 Å². The van der Waals surface area contributed by atoms with E-state index >= 15 is 0 Å². The van der Waals surface area contributed by atoms with E-state index in [2.05, 4.69) is 0 Å². The summed E-state index contributed by atoms with van der Waals surface area (Å²) in [7, 11) is 1.10. The third kappa shape index (κ3) is 2.85. The van der Waals surface area contributed by atoms with Crippen LogP contribution < -0.4 is 4.74 Å². The Labute approximate surface area is 135 Å². The topological polar surface area (TPSA) is 177 Å². The van der Waals surface area contributed by atoms with E-state index in [0.717, 1.165) is 13.2 Å². The Balaban J connectivity index is 2.63. The van der Waals surface area contributed by atoms with E-state index in [1.54, 1.807) is 0 Å². The molecule has 24 heavy (non-hydrogen) atoms. The molecule has 10 heteroatoms. The second kappa shape index (κ2) is 6.79. The van der Waals surface area contributed by atoms with Gasteiger partial charge in [-0.1, -0.05) is 0 Å². The number of phenols is 2. The van der Waals surface area contributed by atoms with Gasteiger partial charge in [-0.15, -0.1) is 0 Å². The second-order valence-corrected chi connectivity index (χ2v) is 5.29. The van der Waals surface area contributed by atoms with Gasteiger partial charge in [0.05, 0.1) is 19.3 Å². The number of hydrogen-bond donors (Lipinski definition) is 7. The van der Waals surface area contributed by atoms with Crippen molar-refractivity contribution in [2.24, 2.45) is 0 Å². The maximum Gasteiger partial charge on any atom is 0.339 e. The molecule has 2 rings (SSSR count). The van der Waals surface area contributed by atoms with Gasteiger partial charge in [0, 0.05) is 6.07 Å². The molecule has 0 aromatic heterocycles. The fourth-order valence-corrected chi connectivity index (χ4v) is 2.64. The van der Waals surface area contributed by atoms with Crippen LogP contribution in [-0.4, -0.2) is 79.8 Å². The van der Waals surface area contributed by atoms with Crippen LogP contribution in [-0.2, 0) is 4.74 Å². The molecule has 10 nitrogen and oxygen atoms in total. The summed E-state index contributed by atoms with van der Waals surface area (Å²) in [5.74, 6) is -3.50. The van der Waals surface area contributed by atoms with E-state index in [1.807, 2.05) is 0 Å². The van der Waals surface area contributed by atoms with Crippen molar-refractivity contribution in [1.29, 1.82) is 0 Å². The Kier molecular flexibility index (Phi) is 5.16. The molecular formula is C14H18O10. The van der Waals surface area contributed by atoms with Gasteiger partial charge in [0.25, 0.3) is 0 Å². The maximum atomic E-state index is 11.3. The molecule has 0 spiro atoms. The van der Waals surface area contributed by atoms with Crippen LogP contribution in [0, 0.1) is 0 Å². The number of methoxy groups -OCH3 is 1. The molecule has 0 radical (unpaired) electrons. The van der Waals surface area contributed by atoms with E-state index < -0.39 is 71.5 Å². The molecule has 1 saturated heterocycles. The highest BCUT2D eigenvalue weighted by Crippen LogP contribution is 2.47. The number of ether oxygens (including phenoxy) is 2. The van der Waals surface area contributed by atoms with Crippen LogP contribution >= 0.6 is 0 Å². The molecule has 5 unspecified atom stereocenters. The Bertz CT molecular complexity index is 628. The fourth-order valence-electron chi connectivity index (χ4n) is 2.64. The predicted molar refractivity (Wildman–Crippen MR) is 76.0 cm³/mol. The fraction of sp³-hybridized carbons (Fsp3) is 0.500. The number of carboxylic acid groups (broad SMARTS) is 1. The zero-order chi connectivity index (χ0) is 18.2. The predicted octanol–water partition coefficient (Wildman–Crippen LogP) is -1.68. The lowest BCUT2D eigenvalue weighted by Crippen LogP contribution is -2.55. The summed E-state index contributed by atoms with van der Waals surface area (Å²) in [5.41, 5.74) is -0.938. The maximum absolute atomic E-state index is 11.3. The SMILES string of the molecule is COc1c(C(=O)O)cc(O)c(O)c1C1OC(CO)C(O)C(O)C1O. The molecule has 1 aromatic carbocycles. The highest BCUT2D eigenvalue weighted by molar-refractivity contribution is 5.93. The number of aromatic carboxylic acids is 1. The molecule has 1 aliphatic rings. The summed E-state index contributed by atoms with van der Waals surface area (Å²) in [4.78, 5) is 11.3. The molecule has 0 amide bonds. The summed E-state index contributed by atoms with van der Waals surface area (Å²) in [6, 6.07) is 0.754. The number of aliphatic hydroxyl groups excluding tert-OH is 4. The summed E-state index contributed by atoms with van der Waals surface area (Å²) in [6.45, 7) is -0.713. The Morgan fingerprint density at radius 3 is 2.33 bits per heavy atom. The lowest BCUT2D eigenvalue weighted by Gasteiger charge is -2.40. The second-order valence-electron chi connectivity index (χ2n) is 5.29. The van der Waals surface area contributed by atoms with Crippen LogP contribution in [0.15, 0.2) is 6.07 Å². The Hall–Kier alpha value is -2.11. The van der Waals surface area contributed by atoms with Gasteiger partial charge in [-0.25, -0.2) is 4.79 Å². The van der Waals surface area contributed by atoms with Crippen molar-refractivity contribution >= 4 is 5.97 Å². The van der Waals surface area contributed by atoms with E-state index in [-0.39, 0.29) is 0 Å². The lowest BCUT2D eigenvalue weighted by atomic mass is 9.89. The molecular weight excluding hydrogens is 328 g/mol. The zero-order valence-electron chi connectivity index (χ0n) is 12.5. The van der Waals surface area contributed by atoms with Crippen molar-refractivity contribution in [3.05, 3.63) is 17.2 Å². The van der Waals surface area contributed by atoms with E-state index in [0.29, 0.717) is 0 Å². The monoisotopic (exact) mass is 346 g/mol. The number of aliphatic hydroxyl groups is 4. The van der Waals surface area contributed by atoms with Crippen LogP contribution in [0.5, 0.6) is 17.2 Å². The molecule has 134 valence electrons. The first-order valence-electron chi connectivity index (χ1n) is 6.91. The highest BCUT2D eigenvalue weighted by atomic mass is 16.5. The van der Waals surface area contributed by atoms with Crippen molar-refractivity contribution in [2.75, 3.05) is 13.7 Å². The smallest absolute Gasteiger partial charge is 0.339 e. The summed E-state index contributed by atoms with van der Waals surface area (Å²) >= 11 is 0. The molecule has 5 atom stereocenters. The number of phenolic OH excluding ortho intramolecular Hbond substituents is 2. The Morgan fingerprint density at radius 2 is 1.83 bits per heavy atom. The molecule has 1 aromatic rings. The molecule has 7 N–H and O–H groups in total. The average Bonchev–Trinajstić information content (AvgIpc) is 2.55. The number of carbonyl (C=O) groups is 1. The third-order valence-electron chi connectivity index (χ3n) is 3.88. The minimum Gasteiger partial charge on any atom is -0.504 e. The molecule has 0 bridgehead atoms.